The van der Waals surface area contributed by atoms with Crippen LogP contribution in [0.1, 0.15) is 13.3 Å². The SMILES string of the molecule is CCNCC(O)CN(C)C1CCSC1. The van der Waals surface area contributed by atoms with Crippen molar-refractivity contribution in [3.8, 4) is 0 Å². The van der Waals surface area contributed by atoms with E-state index < -0.39 is 0 Å². The van der Waals surface area contributed by atoms with Crippen molar-refractivity contribution >= 4 is 11.8 Å². The fourth-order valence-electron chi connectivity index (χ4n) is 1.73. The van der Waals surface area contributed by atoms with Gasteiger partial charge in [-0.2, -0.15) is 11.8 Å². The van der Waals surface area contributed by atoms with Gasteiger partial charge in [-0.1, -0.05) is 6.92 Å². The summed E-state index contributed by atoms with van der Waals surface area (Å²) in [6, 6.07) is 0.677. The topological polar surface area (TPSA) is 35.5 Å². The summed E-state index contributed by atoms with van der Waals surface area (Å²) in [4.78, 5) is 2.29. The minimum absolute atomic E-state index is 0.231. The molecule has 0 aliphatic carbocycles. The summed E-state index contributed by atoms with van der Waals surface area (Å²) in [5.41, 5.74) is 0. The Morgan fingerprint density at radius 2 is 2.43 bits per heavy atom. The van der Waals surface area contributed by atoms with E-state index in [1.807, 2.05) is 11.8 Å². The molecule has 1 rings (SSSR count). The van der Waals surface area contributed by atoms with E-state index in [2.05, 4.69) is 24.2 Å². The van der Waals surface area contributed by atoms with Gasteiger partial charge in [0.1, 0.15) is 0 Å². The number of hydrogen-bond acceptors (Lipinski definition) is 4. The first-order valence-electron chi connectivity index (χ1n) is 5.40. The van der Waals surface area contributed by atoms with Crippen LogP contribution in [0.5, 0.6) is 0 Å². The van der Waals surface area contributed by atoms with Crippen LogP contribution in [0, 0.1) is 0 Å². The van der Waals surface area contributed by atoms with Crippen LogP contribution in [-0.4, -0.2) is 60.3 Å². The summed E-state index contributed by atoms with van der Waals surface area (Å²) in [5.74, 6) is 2.50. The lowest BCUT2D eigenvalue weighted by atomic mass is 10.2. The Balaban J connectivity index is 2.14. The minimum atomic E-state index is -0.231. The van der Waals surface area contributed by atoms with Crippen LogP contribution in [0.2, 0.25) is 0 Å². The van der Waals surface area contributed by atoms with E-state index in [1.165, 1.54) is 17.9 Å². The average molecular weight is 218 g/mol. The third-order valence-electron chi connectivity index (χ3n) is 2.66. The van der Waals surface area contributed by atoms with Gasteiger partial charge < -0.3 is 10.4 Å². The zero-order valence-electron chi connectivity index (χ0n) is 9.20. The smallest absolute Gasteiger partial charge is 0.0791 e. The van der Waals surface area contributed by atoms with Crippen molar-refractivity contribution in [2.75, 3.05) is 38.2 Å². The molecule has 3 nitrogen and oxygen atoms in total. The largest absolute Gasteiger partial charge is 0.390 e. The molecule has 4 heteroatoms. The number of likely N-dealkylation sites (N-methyl/N-ethyl adjacent to an activating group) is 2. The lowest BCUT2D eigenvalue weighted by Gasteiger charge is -2.26. The molecular formula is C10H22N2OS. The Morgan fingerprint density at radius 1 is 1.64 bits per heavy atom. The molecule has 2 N–H and O–H groups in total. The first-order chi connectivity index (χ1) is 6.74. The van der Waals surface area contributed by atoms with Crippen molar-refractivity contribution < 1.29 is 5.11 Å². The molecule has 0 bridgehead atoms. The van der Waals surface area contributed by atoms with Gasteiger partial charge in [0.2, 0.25) is 0 Å². The predicted octanol–water partition coefficient (Wildman–Crippen LogP) is 0.394. The number of aliphatic hydroxyl groups excluding tert-OH is 1. The highest BCUT2D eigenvalue weighted by molar-refractivity contribution is 7.99. The molecule has 1 heterocycles. The Kier molecular flexibility index (Phi) is 5.86. The molecule has 1 aliphatic rings. The van der Waals surface area contributed by atoms with Gasteiger partial charge in [-0.3, -0.25) is 4.90 Å². The summed E-state index contributed by atoms with van der Waals surface area (Å²) in [5, 5.41) is 12.9. The van der Waals surface area contributed by atoms with Crippen LogP contribution in [-0.2, 0) is 0 Å². The molecule has 0 saturated carbocycles. The summed E-state index contributed by atoms with van der Waals surface area (Å²) >= 11 is 2.02. The molecule has 2 atom stereocenters. The number of nitrogens with one attached hydrogen (secondary N) is 1. The summed E-state index contributed by atoms with van der Waals surface area (Å²) < 4.78 is 0. The first-order valence-corrected chi connectivity index (χ1v) is 6.56. The molecule has 1 aliphatic heterocycles. The van der Waals surface area contributed by atoms with Gasteiger partial charge >= 0.3 is 0 Å². The molecular weight excluding hydrogens is 196 g/mol. The first kappa shape index (κ1) is 12.3. The maximum Gasteiger partial charge on any atom is 0.0791 e. The second-order valence-electron chi connectivity index (χ2n) is 3.92. The third kappa shape index (κ3) is 4.17. The Labute approximate surface area is 91.2 Å². The Hall–Kier alpha value is 0.230. The molecule has 0 spiro atoms. The van der Waals surface area contributed by atoms with Gasteiger partial charge in [-0.15, -0.1) is 0 Å². The molecule has 0 aromatic rings. The van der Waals surface area contributed by atoms with E-state index in [0.29, 0.717) is 12.6 Å². The summed E-state index contributed by atoms with van der Waals surface area (Å²) in [6.07, 6.45) is 1.04. The van der Waals surface area contributed by atoms with Crippen LogP contribution >= 0.6 is 11.8 Å². The van der Waals surface area contributed by atoms with Gasteiger partial charge in [0, 0.05) is 24.9 Å². The number of thioether (sulfide) groups is 1. The second-order valence-corrected chi connectivity index (χ2v) is 5.07. The average Bonchev–Trinajstić information content (AvgIpc) is 2.67. The van der Waals surface area contributed by atoms with Gasteiger partial charge in [-0.05, 0) is 25.8 Å². The maximum atomic E-state index is 9.70. The molecule has 0 radical (unpaired) electrons. The lowest BCUT2D eigenvalue weighted by molar-refractivity contribution is 0.109. The van der Waals surface area contributed by atoms with Gasteiger partial charge in [-0.25, -0.2) is 0 Å². The fraction of sp³-hybridized carbons (Fsp3) is 1.00. The van der Waals surface area contributed by atoms with Crippen molar-refractivity contribution in [1.82, 2.24) is 10.2 Å². The molecule has 1 saturated heterocycles. The Morgan fingerprint density at radius 3 is 3.00 bits per heavy atom. The molecule has 0 amide bonds. The van der Waals surface area contributed by atoms with E-state index in [9.17, 15) is 5.11 Å². The fourth-order valence-corrected chi connectivity index (χ4v) is 3.03. The van der Waals surface area contributed by atoms with E-state index in [-0.39, 0.29) is 6.10 Å². The highest BCUT2D eigenvalue weighted by Gasteiger charge is 2.21. The molecule has 84 valence electrons. The zero-order chi connectivity index (χ0) is 10.4. The van der Waals surface area contributed by atoms with Crippen LogP contribution in [0.4, 0.5) is 0 Å². The van der Waals surface area contributed by atoms with Crippen molar-refractivity contribution in [2.45, 2.75) is 25.5 Å². The highest BCUT2D eigenvalue weighted by atomic mass is 32.2. The van der Waals surface area contributed by atoms with Gasteiger partial charge in [0.05, 0.1) is 6.10 Å². The van der Waals surface area contributed by atoms with Crippen LogP contribution in [0.15, 0.2) is 0 Å². The van der Waals surface area contributed by atoms with Crippen LogP contribution < -0.4 is 5.32 Å². The number of hydrogen-bond donors (Lipinski definition) is 2. The zero-order valence-corrected chi connectivity index (χ0v) is 10.0. The van der Waals surface area contributed by atoms with E-state index >= 15 is 0 Å². The van der Waals surface area contributed by atoms with Crippen molar-refractivity contribution in [3.05, 3.63) is 0 Å². The van der Waals surface area contributed by atoms with Crippen LogP contribution in [0.3, 0.4) is 0 Å². The Bertz CT molecular complexity index is 151. The molecule has 2 unspecified atom stereocenters. The highest BCUT2D eigenvalue weighted by Crippen LogP contribution is 2.21. The van der Waals surface area contributed by atoms with E-state index in [0.717, 1.165) is 13.1 Å². The number of aliphatic hydroxyl groups is 1. The predicted molar refractivity (Wildman–Crippen MR) is 62.9 cm³/mol. The molecule has 0 aromatic carbocycles. The molecule has 14 heavy (non-hydrogen) atoms. The van der Waals surface area contributed by atoms with E-state index in [1.54, 1.807) is 0 Å². The quantitative estimate of drug-likeness (QED) is 0.676. The maximum absolute atomic E-state index is 9.70. The van der Waals surface area contributed by atoms with Gasteiger partial charge in [0.15, 0.2) is 0 Å². The second kappa shape index (κ2) is 6.67. The number of nitrogens with zero attached hydrogens (tertiary/aromatic N) is 1. The summed E-state index contributed by atoms with van der Waals surface area (Å²) in [7, 11) is 2.12. The molecule has 0 aromatic heterocycles. The van der Waals surface area contributed by atoms with Crippen LogP contribution in [0.25, 0.3) is 0 Å². The van der Waals surface area contributed by atoms with Crippen molar-refractivity contribution in [1.29, 1.82) is 0 Å². The van der Waals surface area contributed by atoms with E-state index in [4.69, 9.17) is 0 Å². The van der Waals surface area contributed by atoms with Gasteiger partial charge in [0.25, 0.3) is 0 Å². The lowest BCUT2D eigenvalue weighted by Crippen LogP contribution is -2.41. The van der Waals surface area contributed by atoms with Crippen molar-refractivity contribution in [2.24, 2.45) is 0 Å². The monoisotopic (exact) mass is 218 g/mol. The minimum Gasteiger partial charge on any atom is -0.390 e. The third-order valence-corrected chi connectivity index (χ3v) is 3.80. The summed E-state index contributed by atoms with van der Waals surface area (Å²) in [6.45, 7) is 4.49. The molecule has 1 fully saturated rings. The number of rotatable bonds is 6. The van der Waals surface area contributed by atoms with Crippen molar-refractivity contribution in [3.63, 3.8) is 0 Å². The standard InChI is InChI=1S/C10H22N2OS/c1-3-11-6-10(13)7-12(2)9-4-5-14-8-9/h9-11,13H,3-8H2,1-2H3. The normalized spacial score (nSPS) is 24.4.